The molecule has 1 atom stereocenters. The van der Waals surface area contributed by atoms with Gasteiger partial charge in [-0.1, -0.05) is 45.2 Å². The third-order valence-electron chi connectivity index (χ3n) is 2.73. The number of hydrogen-bond donors (Lipinski definition) is 2. The van der Waals surface area contributed by atoms with Crippen LogP contribution >= 0.6 is 39.1 Å². The number of halogens is 3. The summed E-state index contributed by atoms with van der Waals surface area (Å²) < 4.78 is 6.48. The molecule has 3 nitrogen and oxygen atoms in total. The van der Waals surface area contributed by atoms with Crippen LogP contribution in [0.25, 0.3) is 0 Å². The second-order valence-electron chi connectivity index (χ2n) is 4.40. The van der Waals surface area contributed by atoms with Gasteiger partial charge in [0.05, 0.1) is 10.0 Å². The molecule has 0 heterocycles. The molecule has 0 saturated carbocycles. The molecule has 2 aromatic rings. The van der Waals surface area contributed by atoms with Gasteiger partial charge in [0, 0.05) is 16.7 Å². The number of anilines is 1. The lowest BCUT2D eigenvalue weighted by atomic mass is 10.3. The average Bonchev–Trinajstić information content (AvgIpc) is 2.46. The van der Waals surface area contributed by atoms with Gasteiger partial charge in [0.25, 0.3) is 0 Å². The van der Waals surface area contributed by atoms with E-state index in [-0.39, 0.29) is 6.61 Å². The van der Waals surface area contributed by atoms with E-state index in [0.717, 1.165) is 10.2 Å². The molecule has 2 aromatic carbocycles. The fraction of sp³-hybridized carbons (Fsp3) is 0.200. The fourth-order valence-corrected chi connectivity index (χ4v) is 2.43. The Bertz CT molecular complexity index is 572. The number of para-hydroxylation sites is 1. The van der Waals surface area contributed by atoms with Crippen LogP contribution < -0.4 is 10.1 Å². The smallest absolute Gasteiger partial charge is 0.156 e. The summed E-state index contributed by atoms with van der Waals surface area (Å²) in [5.41, 5.74) is 0.924. The lowest BCUT2D eigenvalue weighted by Gasteiger charge is -2.15. The molecule has 21 heavy (non-hydrogen) atoms. The van der Waals surface area contributed by atoms with Crippen LogP contribution in [0.2, 0.25) is 10.0 Å². The Morgan fingerprint density at radius 1 is 1.10 bits per heavy atom. The highest BCUT2D eigenvalue weighted by atomic mass is 79.9. The third kappa shape index (κ3) is 5.08. The molecule has 0 amide bonds. The average molecular weight is 391 g/mol. The van der Waals surface area contributed by atoms with Crippen molar-refractivity contribution in [2.24, 2.45) is 0 Å². The number of aliphatic hydroxyl groups is 1. The van der Waals surface area contributed by atoms with Gasteiger partial charge in [-0.3, -0.25) is 0 Å². The van der Waals surface area contributed by atoms with Crippen molar-refractivity contribution >= 4 is 44.8 Å². The summed E-state index contributed by atoms with van der Waals surface area (Å²) in [5.74, 6) is 0.392. The first-order valence-electron chi connectivity index (χ1n) is 6.30. The van der Waals surface area contributed by atoms with E-state index in [1.165, 1.54) is 0 Å². The van der Waals surface area contributed by atoms with Crippen LogP contribution in [-0.2, 0) is 0 Å². The number of benzene rings is 2. The summed E-state index contributed by atoms with van der Waals surface area (Å²) in [6.45, 7) is 0.469. The molecule has 0 aromatic heterocycles. The molecule has 0 fully saturated rings. The van der Waals surface area contributed by atoms with Gasteiger partial charge in [0.2, 0.25) is 0 Å². The van der Waals surface area contributed by atoms with Crippen molar-refractivity contribution in [1.29, 1.82) is 0 Å². The van der Waals surface area contributed by atoms with Crippen LogP contribution in [0.3, 0.4) is 0 Å². The maximum Gasteiger partial charge on any atom is 0.156 e. The Balaban J connectivity index is 1.82. The predicted octanol–water partition coefficient (Wildman–Crippen LogP) is 4.61. The van der Waals surface area contributed by atoms with Crippen molar-refractivity contribution in [2.45, 2.75) is 6.10 Å². The first-order valence-corrected chi connectivity index (χ1v) is 7.85. The zero-order chi connectivity index (χ0) is 15.2. The number of ether oxygens (including phenoxy) is 1. The fourth-order valence-electron chi connectivity index (χ4n) is 1.66. The summed E-state index contributed by atoms with van der Waals surface area (Å²) in [5, 5.41) is 13.9. The topological polar surface area (TPSA) is 41.5 Å². The van der Waals surface area contributed by atoms with Gasteiger partial charge in [-0.2, -0.15) is 0 Å². The number of hydrogen-bond acceptors (Lipinski definition) is 3. The minimum Gasteiger partial charge on any atom is -0.488 e. The van der Waals surface area contributed by atoms with E-state index in [9.17, 15) is 5.11 Å². The Hall–Kier alpha value is -0.940. The maximum atomic E-state index is 9.93. The Kier molecular flexibility index (Phi) is 6.18. The molecule has 0 aliphatic rings. The Morgan fingerprint density at radius 2 is 1.71 bits per heavy atom. The first kappa shape index (κ1) is 16.4. The zero-order valence-corrected chi connectivity index (χ0v) is 14.1. The maximum absolute atomic E-state index is 9.93. The van der Waals surface area contributed by atoms with Gasteiger partial charge < -0.3 is 15.2 Å². The molecule has 0 aliphatic carbocycles. The monoisotopic (exact) mass is 389 g/mol. The number of aliphatic hydroxyl groups excluding tert-OH is 1. The van der Waals surface area contributed by atoms with Crippen molar-refractivity contribution < 1.29 is 9.84 Å². The lowest BCUT2D eigenvalue weighted by Crippen LogP contribution is -2.26. The van der Waals surface area contributed by atoms with Crippen molar-refractivity contribution in [3.8, 4) is 5.75 Å². The van der Waals surface area contributed by atoms with E-state index in [1.54, 1.807) is 18.2 Å². The standard InChI is InChI=1S/C15H14BrCl2NO2/c16-10-4-6-11(7-5-10)19-8-12(20)9-21-15-13(17)2-1-3-14(15)18/h1-7,12,19-20H,8-9H2. The molecule has 2 rings (SSSR count). The molecule has 6 heteroatoms. The largest absolute Gasteiger partial charge is 0.488 e. The number of rotatable bonds is 6. The minimum absolute atomic E-state index is 0.104. The van der Waals surface area contributed by atoms with Gasteiger partial charge in [0.15, 0.2) is 5.75 Å². The van der Waals surface area contributed by atoms with E-state index < -0.39 is 6.10 Å². The van der Waals surface area contributed by atoms with E-state index in [4.69, 9.17) is 27.9 Å². The van der Waals surface area contributed by atoms with E-state index >= 15 is 0 Å². The molecule has 0 radical (unpaired) electrons. The van der Waals surface area contributed by atoms with Crippen molar-refractivity contribution in [3.05, 3.63) is 57.0 Å². The minimum atomic E-state index is -0.680. The van der Waals surface area contributed by atoms with Gasteiger partial charge >= 0.3 is 0 Å². The van der Waals surface area contributed by atoms with Gasteiger partial charge in [-0.25, -0.2) is 0 Å². The molecule has 0 saturated heterocycles. The second kappa shape index (κ2) is 7.90. The summed E-state index contributed by atoms with van der Waals surface area (Å²) in [7, 11) is 0. The molecule has 1 unspecified atom stereocenters. The Morgan fingerprint density at radius 3 is 2.33 bits per heavy atom. The summed E-state index contributed by atoms with van der Waals surface area (Å²) >= 11 is 15.3. The molecule has 0 spiro atoms. The molecular weight excluding hydrogens is 377 g/mol. The molecule has 0 bridgehead atoms. The highest BCUT2D eigenvalue weighted by molar-refractivity contribution is 9.10. The highest BCUT2D eigenvalue weighted by Crippen LogP contribution is 2.32. The van der Waals surface area contributed by atoms with E-state index in [0.29, 0.717) is 22.3 Å². The van der Waals surface area contributed by atoms with Crippen LogP contribution in [0.5, 0.6) is 5.75 Å². The van der Waals surface area contributed by atoms with Gasteiger partial charge in [-0.05, 0) is 36.4 Å². The van der Waals surface area contributed by atoms with E-state index in [1.807, 2.05) is 24.3 Å². The lowest BCUT2D eigenvalue weighted by molar-refractivity contribution is 0.117. The van der Waals surface area contributed by atoms with Crippen LogP contribution in [0, 0.1) is 0 Å². The van der Waals surface area contributed by atoms with Crippen LogP contribution in [0.4, 0.5) is 5.69 Å². The predicted molar refractivity (Wildman–Crippen MR) is 90.6 cm³/mol. The third-order valence-corrected chi connectivity index (χ3v) is 3.85. The number of nitrogens with one attached hydrogen (secondary N) is 1. The quantitative estimate of drug-likeness (QED) is 0.756. The summed E-state index contributed by atoms with van der Waals surface area (Å²) in [6, 6.07) is 12.8. The van der Waals surface area contributed by atoms with Gasteiger partial charge in [0.1, 0.15) is 12.7 Å². The zero-order valence-electron chi connectivity index (χ0n) is 11.0. The van der Waals surface area contributed by atoms with Crippen LogP contribution in [0.1, 0.15) is 0 Å². The Labute approximate surface area is 142 Å². The molecule has 112 valence electrons. The van der Waals surface area contributed by atoms with E-state index in [2.05, 4.69) is 21.2 Å². The molecule has 2 N–H and O–H groups in total. The first-order chi connectivity index (χ1) is 10.1. The SMILES string of the molecule is OC(CNc1ccc(Br)cc1)COc1c(Cl)cccc1Cl. The normalized spacial score (nSPS) is 12.0. The van der Waals surface area contributed by atoms with Crippen LogP contribution in [-0.4, -0.2) is 24.4 Å². The van der Waals surface area contributed by atoms with Crippen molar-refractivity contribution in [3.63, 3.8) is 0 Å². The molecular formula is C15H14BrCl2NO2. The van der Waals surface area contributed by atoms with Crippen molar-refractivity contribution in [2.75, 3.05) is 18.5 Å². The second-order valence-corrected chi connectivity index (χ2v) is 6.13. The summed E-state index contributed by atoms with van der Waals surface area (Å²) in [6.07, 6.45) is -0.680. The van der Waals surface area contributed by atoms with Gasteiger partial charge in [-0.15, -0.1) is 0 Å². The van der Waals surface area contributed by atoms with Crippen LogP contribution in [0.15, 0.2) is 46.9 Å². The van der Waals surface area contributed by atoms with Crippen molar-refractivity contribution in [1.82, 2.24) is 0 Å². The molecule has 0 aliphatic heterocycles. The summed E-state index contributed by atoms with van der Waals surface area (Å²) in [4.78, 5) is 0. The highest BCUT2D eigenvalue weighted by Gasteiger charge is 2.10.